The summed E-state index contributed by atoms with van der Waals surface area (Å²) in [6.07, 6.45) is 0. The Morgan fingerprint density at radius 2 is 1.11 bits per heavy atom. The summed E-state index contributed by atoms with van der Waals surface area (Å²) in [5.74, 6) is -0.178. The number of benzene rings is 2. The van der Waals surface area contributed by atoms with Gasteiger partial charge in [0.1, 0.15) is 5.82 Å². The molecule has 0 aliphatic rings. The molecule has 0 aromatic heterocycles. The Hall–Kier alpha value is -0.875. The first kappa shape index (κ1) is 20.4. The summed E-state index contributed by atoms with van der Waals surface area (Å²) in [5, 5.41) is 0.794. The minimum atomic E-state index is -3.79. The van der Waals surface area contributed by atoms with E-state index in [-0.39, 0.29) is 23.2 Å². The van der Waals surface area contributed by atoms with Crippen molar-refractivity contribution in [2.45, 2.75) is 0 Å². The molecule has 0 bridgehead atoms. The first-order valence-electron chi connectivity index (χ1n) is 4.70. The molecule has 0 saturated heterocycles. The Morgan fingerprint density at radius 3 is 1.26 bits per heavy atom. The van der Waals surface area contributed by atoms with Gasteiger partial charge in [0.2, 0.25) is 0 Å². The second-order valence-electron chi connectivity index (χ2n) is 2.80. The fourth-order valence-electron chi connectivity index (χ4n) is 0.829. The molecule has 0 unspecified atom stereocenters. The van der Waals surface area contributed by atoms with Gasteiger partial charge in [0.05, 0.1) is 0 Å². The van der Waals surface area contributed by atoms with Crippen molar-refractivity contribution in [1.82, 2.24) is 0 Å². The fraction of sp³-hybridized carbons (Fsp3) is 0. The van der Waals surface area contributed by atoms with Gasteiger partial charge in [-0.25, -0.2) is 4.39 Å². The molecule has 102 valence electrons. The number of hydrogen-bond donors (Lipinski definition) is 0. The third-order valence-electron chi connectivity index (χ3n) is 1.47. The van der Waals surface area contributed by atoms with Crippen LogP contribution >= 0.6 is 11.6 Å². The summed E-state index contributed by atoms with van der Waals surface area (Å²) >= 11 is 1.75. The van der Waals surface area contributed by atoms with Gasteiger partial charge in [0, 0.05) is 22.4 Å². The summed E-state index contributed by atoms with van der Waals surface area (Å²) in [7, 11) is 0. The Morgan fingerprint density at radius 1 is 0.789 bits per heavy atom. The van der Waals surface area contributed by atoms with Gasteiger partial charge < -0.3 is 0 Å². The molecule has 0 radical (unpaired) electrons. The fourth-order valence-corrected chi connectivity index (χ4v) is 0.975. The molecule has 0 amide bonds. The molecule has 2 aromatic carbocycles. The topological polar surface area (TPSA) is 51.2 Å². The Bertz CT molecular complexity index is 488. The average Bonchev–Trinajstić information content (AvgIpc) is 2.31. The van der Waals surface area contributed by atoms with Crippen LogP contribution in [0.15, 0.2) is 60.7 Å². The van der Waals surface area contributed by atoms with E-state index in [4.69, 9.17) is 23.0 Å². The van der Waals surface area contributed by atoms with E-state index in [9.17, 15) is 4.39 Å². The monoisotopic (exact) mass is 360 g/mol. The summed E-state index contributed by atoms with van der Waals surface area (Å²) in [5.41, 5.74) is 0. The third-order valence-corrected chi connectivity index (χ3v) is 1.72. The van der Waals surface area contributed by atoms with Crippen LogP contribution in [0.5, 0.6) is 0 Å². The standard InChI is InChI=1S/C6H5Cl.C6H5F.2Cr.3O/c2*7-6-4-2-1-3-5-6;;;;;/h2*1-5H;;;;;. The molecular weight excluding hydrogens is 351 g/mol. The van der Waals surface area contributed by atoms with E-state index in [1.54, 1.807) is 18.2 Å². The molecule has 0 aliphatic heterocycles. The van der Waals surface area contributed by atoms with E-state index in [1.807, 2.05) is 30.3 Å². The van der Waals surface area contributed by atoms with Crippen LogP contribution in [0.2, 0.25) is 5.02 Å². The third kappa shape index (κ3) is 17.1. The quantitative estimate of drug-likeness (QED) is 0.718. The van der Waals surface area contributed by atoms with Crippen molar-refractivity contribution in [3.8, 4) is 0 Å². The second-order valence-corrected chi connectivity index (χ2v) is 3.87. The van der Waals surface area contributed by atoms with Crippen LogP contribution in [-0.4, -0.2) is 0 Å². The van der Waals surface area contributed by atoms with Crippen molar-refractivity contribution in [2.24, 2.45) is 0 Å². The van der Waals surface area contributed by atoms with E-state index in [2.05, 4.69) is 0 Å². The number of halogens is 2. The van der Waals surface area contributed by atoms with Crippen LogP contribution in [0.4, 0.5) is 4.39 Å². The summed E-state index contributed by atoms with van der Waals surface area (Å²) in [6, 6.07) is 17.4. The first-order chi connectivity index (χ1) is 8.52. The molecule has 0 atom stereocenters. The molecule has 0 fully saturated rings. The van der Waals surface area contributed by atoms with Crippen molar-refractivity contribution in [2.75, 3.05) is 0 Å². The van der Waals surface area contributed by atoms with Crippen molar-refractivity contribution < 1.29 is 47.1 Å². The van der Waals surface area contributed by atoms with E-state index in [0.717, 1.165) is 5.02 Å². The van der Waals surface area contributed by atoms with Gasteiger partial charge in [-0.1, -0.05) is 48.0 Å². The molecule has 19 heavy (non-hydrogen) atoms. The summed E-state index contributed by atoms with van der Waals surface area (Å²) in [4.78, 5) is 0. The van der Waals surface area contributed by atoms with Gasteiger partial charge >= 0.3 is 25.4 Å². The van der Waals surface area contributed by atoms with E-state index in [1.165, 1.54) is 12.1 Å². The summed E-state index contributed by atoms with van der Waals surface area (Å²) in [6.45, 7) is 0. The molecule has 3 nitrogen and oxygen atoms in total. The zero-order valence-electron chi connectivity index (χ0n) is 9.57. The zero-order chi connectivity index (χ0) is 13.8. The van der Waals surface area contributed by atoms with Crippen molar-refractivity contribution >= 4 is 11.6 Å². The molecule has 2 rings (SSSR count). The average molecular weight is 361 g/mol. The molecule has 7 heteroatoms. The van der Waals surface area contributed by atoms with Crippen LogP contribution in [0, 0.1) is 5.82 Å². The number of rotatable bonds is 0. The van der Waals surface area contributed by atoms with Crippen molar-refractivity contribution in [3.05, 3.63) is 71.5 Å². The maximum absolute atomic E-state index is 11.9. The van der Waals surface area contributed by atoms with E-state index < -0.39 is 14.0 Å². The van der Waals surface area contributed by atoms with E-state index in [0.29, 0.717) is 0 Å². The predicted molar refractivity (Wildman–Crippen MR) is 59.9 cm³/mol. The minimum absolute atomic E-state index is 0. The van der Waals surface area contributed by atoms with Gasteiger partial charge in [-0.2, -0.15) is 0 Å². The van der Waals surface area contributed by atoms with Crippen LogP contribution in [0.25, 0.3) is 0 Å². The Kier molecular flexibility index (Phi) is 14.6. The van der Waals surface area contributed by atoms with Gasteiger partial charge in [0.25, 0.3) is 0 Å². The van der Waals surface area contributed by atoms with Crippen LogP contribution < -0.4 is 0 Å². The molecule has 0 aliphatic carbocycles. The Labute approximate surface area is 130 Å². The van der Waals surface area contributed by atoms with Gasteiger partial charge in [0.15, 0.2) is 0 Å². The zero-order valence-corrected chi connectivity index (χ0v) is 12.9. The molecular formula is C12H10ClCr2FO3. The van der Waals surface area contributed by atoms with Crippen LogP contribution in [0.3, 0.4) is 0 Å². The molecule has 0 N–H and O–H groups in total. The van der Waals surface area contributed by atoms with Crippen LogP contribution in [-0.2, 0) is 42.7 Å². The van der Waals surface area contributed by atoms with Gasteiger partial charge in [-0.3, -0.25) is 0 Å². The normalized spacial score (nSPS) is 7.68. The van der Waals surface area contributed by atoms with Gasteiger partial charge in [-0.15, -0.1) is 0 Å². The predicted octanol–water partition coefficient (Wildman–Crippen LogP) is 3.80. The second kappa shape index (κ2) is 13.6. The van der Waals surface area contributed by atoms with Crippen LogP contribution in [0.1, 0.15) is 0 Å². The number of hydrogen-bond acceptors (Lipinski definition) is 3. The maximum atomic E-state index is 11.9. The van der Waals surface area contributed by atoms with Gasteiger partial charge in [-0.05, 0) is 24.3 Å². The SMILES string of the molecule is Clc1ccccc1.Fc1ccccc1.[Cr].[O]=[Cr](=[O])=[O]. The summed E-state index contributed by atoms with van der Waals surface area (Å²) < 4.78 is 37.5. The van der Waals surface area contributed by atoms with Crippen molar-refractivity contribution in [1.29, 1.82) is 0 Å². The van der Waals surface area contributed by atoms with Crippen molar-refractivity contribution in [3.63, 3.8) is 0 Å². The molecule has 0 saturated carbocycles. The molecule has 0 heterocycles. The molecule has 0 spiro atoms. The molecule has 2 aromatic rings. The Balaban J connectivity index is 0. The first-order valence-corrected chi connectivity index (χ1v) is 6.64. The van der Waals surface area contributed by atoms with E-state index >= 15 is 0 Å².